The minimum absolute atomic E-state index is 0.182. The molecule has 0 saturated carbocycles. The molecule has 1 aliphatic heterocycles. The van der Waals surface area contributed by atoms with Gasteiger partial charge in [0, 0.05) is 13.1 Å². The van der Waals surface area contributed by atoms with Crippen LogP contribution in [0.2, 0.25) is 5.02 Å². The molecule has 0 aliphatic carbocycles. The number of anilines is 1. The summed E-state index contributed by atoms with van der Waals surface area (Å²) in [6.07, 6.45) is 3.86. The predicted molar refractivity (Wildman–Crippen MR) is 97.5 cm³/mol. The Morgan fingerprint density at radius 2 is 2.00 bits per heavy atom. The number of benzene rings is 1. The molecule has 0 unspecified atom stereocenters. The van der Waals surface area contributed by atoms with Crippen molar-refractivity contribution in [2.75, 3.05) is 25.0 Å². The zero-order valence-electron chi connectivity index (χ0n) is 13.9. The minimum atomic E-state index is -0.352. The minimum Gasteiger partial charge on any atom is -0.382 e. The van der Waals surface area contributed by atoms with Gasteiger partial charge in [0.15, 0.2) is 0 Å². The van der Waals surface area contributed by atoms with Crippen LogP contribution in [0.4, 0.5) is 5.69 Å². The van der Waals surface area contributed by atoms with Crippen molar-refractivity contribution in [2.24, 2.45) is 5.92 Å². The molecule has 3 rings (SSSR count). The highest BCUT2D eigenvalue weighted by Crippen LogP contribution is 2.21. The van der Waals surface area contributed by atoms with Crippen molar-refractivity contribution < 1.29 is 0 Å². The number of aryl methyl sites for hydroxylation is 1. The van der Waals surface area contributed by atoms with Gasteiger partial charge in [-0.15, -0.1) is 0 Å². The Kier molecular flexibility index (Phi) is 5.53. The summed E-state index contributed by atoms with van der Waals surface area (Å²) in [4.78, 5) is 13.9. The van der Waals surface area contributed by atoms with Crippen LogP contribution in [0, 0.1) is 12.8 Å². The monoisotopic (exact) mass is 346 g/mol. The van der Waals surface area contributed by atoms with E-state index in [1.807, 2.05) is 0 Å². The number of aromatic nitrogens is 2. The maximum atomic E-state index is 11.4. The van der Waals surface area contributed by atoms with Crippen LogP contribution in [0.1, 0.15) is 24.0 Å². The van der Waals surface area contributed by atoms with Crippen LogP contribution in [0.3, 0.4) is 0 Å². The van der Waals surface area contributed by atoms with E-state index in [2.05, 4.69) is 51.6 Å². The van der Waals surface area contributed by atoms with Gasteiger partial charge in [0.25, 0.3) is 5.56 Å². The smallest absolute Gasteiger partial charge is 0.285 e. The molecule has 2 heterocycles. The third-order valence-electron chi connectivity index (χ3n) is 4.61. The lowest BCUT2D eigenvalue weighted by Gasteiger charge is -2.32. The van der Waals surface area contributed by atoms with E-state index in [1.54, 1.807) is 6.20 Å². The molecular formula is C18H23ClN4O. The lowest BCUT2D eigenvalue weighted by atomic mass is 9.96. The van der Waals surface area contributed by atoms with Crippen molar-refractivity contribution in [3.8, 4) is 0 Å². The molecule has 1 aromatic carbocycles. The van der Waals surface area contributed by atoms with Crippen LogP contribution in [0.15, 0.2) is 35.3 Å². The second kappa shape index (κ2) is 7.81. The van der Waals surface area contributed by atoms with E-state index in [1.165, 1.54) is 11.1 Å². The van der Waals surface area contributed by atoms with Gasteiger partial charge in [0.2, 0.25) is 0 Å². The number of nitrogens with one attached hydrogen (secondary N) is 2. The van der Waals surface area contributed by atoms with Crippen LogP contribution < -0.4 is 10.9 Å². The topological polar surface area (TPSA) is 61.0 Å². The van der Waals surface area contributed by atoms with E-state index in [9.17, 15) is 4.79 Å². The van der Waals surface area contributed by atoms with Crippen molar-refractivity contribution >= 4 is 17.3 Å². The second-order valence-corrected chi connectivity index (χ2v) is 6.89. The maximum absolute atomic E-state index is 11.4. The lowest BCUT2D eigenvalue weighted by molar-refractivity contribution is 0.182. The van der Waals surface area contributed by atoms with Crippen molar-refractivity contribution in [1.29, 1.82) is 0 Å². The zero-order valence-corrected chi connectivity index (χ0v) is 14.6. The molecule has 1 aliphatic rings. The quantitative estimate of drug-likeness (QED) is 0.873. The molecule has 128 valence electrons. The van der Waals surface area contributed by atoms with Crippen LogP contribution in [0.25, 0.3) is 0 Å². The summed E-state index contributed by atoms with van der Waals surface area (Å²) >= 11 is 5.98. The number of aromatic amines is 1. The van der Waals surface area contributed by atoms with Crippen molar-refractivity contribution in [3.63, 3.8) is 0 Å². The van der Waals surface area contributed by atoms with Crippen LogP contribution in [-0.4, -0.2) is 34.7 Å². The number of rotatable bonds is 5. The highest BCUT2D eigenvalue weighted by atomic mass is 35.5. The first-order valence-electron chi connectivity index (χ1n) is 8.37. The van der Waals surface area contributed by atoms with E-state index in [0.29, 0.717) is 11.6 Å². The Morgan fingerprint density at radius 1 is 1.29 bits per heavy atom. The normalized spacial score (nSPS) is 16.2. The van der Waals surface area contributed by atoms with Crippen LogP contribution >= 0.6 is 11.6 Å². The Hall–Kier alpha value is -1.85. The third-order valence-corrected chi connectivity index (χ3v) is 4.99. The van der Waals surface area contributed by atoms with Crippen LogP contribution in [0.5, 0.6) is 0 Å². The molecule has 2 N–H and O–H groups in total. The van der Waals surface area contributed by atoms with E-state index < -0.39 is 0 Å². The first kappa shape index (κ1) is 17.0. The largest absolute Gasteiger partial charge is 0.382 e. The second-order valence-electron chi connectivity index (χ2n) is 6.51. The number of H-pyrrole nitrogens is 1. The molecule has 0 bridgehead atoms. The average molecular weight is 347 g/mol. The van der Waals surface area contributed by atoms with Gasteiger partial charge in [-0.25, -0.2) is 5.10 Å². The molecule has 5 nitrogen and oxygen atoms in total. The van der Waals surface area contributed by atoms with Gasteiger partial charge in [-0.2, -0.15) is 5.10 Å². The van der Waals surface area contributed by atoms with Gasteiger partial charge in [0.1, 0.15) is 5.02 Å². The fourth-order valence-corrected chi connectivity index (χ4v) is 3.22. The Labute approximate surface area is 147 Å². The number of likely N-dealkylation sites (tertiary alicyclic amines) is 1. The highest BCUT2D eigenvalue weighted by Gasteiger charge is 2.19. The standard InChI is InChI=1S/C18H23ClN4O/c1-13-2-4-15(5-3-13)12-23-8-6-14(7-9-23)10-20-16-11-21-22-18(24)17(16)19/h2-5,11,14H,6-10,12H2,1H3,(H2,20,22,24). The van der Waals surface area contributed by atoms with E-state index in [-0.39, 0.29) is 10.6 Å². The predicted octanol–water partition coefficient (Wildman–Crippen LogP) is 3.06. The van der Waals surface area contributed by atoms with Gasteiger partial charge < -0.3 is 5.32 Å². The molecule has 0 radical (unpaired) electrons. The number of hydrogen-bond acceptors (Lipinski definition) is 4. The molecule has 24 heavy (non-hydrogen) atoms. The van der Waals surface area contributed by atoms with Gasteiger partial charge in [-0.3, -0.25) is 9.69 Å². The zero-order chi connectivity index (χ0) is 16.9. The molecule has 1 aromatic heterocycles. The molecule has 0 amide bonds. The van der Waals surface area contributed by atoms with Crippen molar-refractivity contribution in [1.82, 2.24) is 15.1 Å². The van der Waals surface area contributed by atoms with E-state index >= 15 is 0 Å². The number of piperidine rings is 1. The molecule has 0 atom stereocenters. The van der Waals surface area contributed by atoms with Gasteiger partial charge >= 0.3 is 0 Å². The van der Waals surface area contributed by atoms with Crippen LogP contribution in [-0.2, 0) is 6.54 Å². The van der Waals surface area contributed by atoms with E-state index in [0.717, 1.165) is 39.0 Å². The SMILES string of the molecule is Cc1ccc(CN2CCC(CNc3cn[nH]c(=O)c3Cl)CC2)cc1. The molecular weight excluding hydrogens is 324 g/mol. The van der Waals surface area contributed by atoms with Crippen molar-refractivity contribution in [3.05, 3.63) is 57.0 Å². The maximum Gasteiger partial charge on any atom is 0.285 e. The summed E-state index contributed by atoms with van der Waals surface area (Å²) in [6.45, 7) is 6.15. The molecule has 6 heteroatoms. The fraction of sp³-hybridized carbons (Fsp3) is 0.444. The van der Waals surface area contributed by atoms with Gasteiger partial charge in [-0.1, -0.05) is 41.4 Å². The summed E-state index contributed by atoms with van der Waals surface area (Å²) in [7, 11) is 0. The summed E-state index contributed by atoms with van der Waals surface area (Å²) < 4.78 is 0. The molecule has 0 spiro atoms. The summed E-state index contributed by atoms with van der Waals surface area (Å²) in [6, 6.07) is 8.77. The Balaban J connectivity index is 1.46. The third kappa shape index (κ3) is 4.36. The fourth-order valence-electron chi connectivity index (χ4n) is 3.06. The molecule has 1 fully saturated rings. The summed E-state index contributed by atoms with van der Waals surface area (Å²) in [5.41, 5.74) is 2.94. The lowest BCUT2D eigenvalue weighted by Crippen LogP contribution is -2.35. The first-order valence-corrected chi connectivity index (χ1v) is 8.74. The summed E-state index contributed by atoms with van der Waals surface area (Å²) in [5.74, 6) is 0.592. The van der Waals surface area contributed by atoms with E-state index in [4.69, 9.17) is 11.6 Å². The average Bonchev–Trinajstić information content (AvgIpc) is 2.59. The number of nitrogens with zero attached hydrogens (tertiary/aromatic N) is 2. The number of hydrogen-bond donors (Lipinski definition) is 2. The molecule has 2 aromatic rings. The van der Waals surface area contributed by atoms with Gasteiger partial charge in [0.05, 0.1) is 11.9 Å². The first-order chi connectivity index (χ1) is 11.6. The molecule has 1 saturated heterocycles. The van der Waals surface area contributed by atoms with Gasteiger partial charge in [-0.05, 0) is 44.3 Å². The Morgan fingerprint density at radius 3 is 2.71 bits per heavy atom. The highest BCUT2D eigenvalue weighted by molar-refractivity contribution is 6.32. The summed E-state index contributed by atoms with van der Waals surface area (Å²) in [5, 5.41) is 9.55. The number of halogens is 1. The van der Waals surface area contributed by atoms with Crippen molar-refractivity contribution in [2.45, 2.75) is 26.3 Å². The Bertz CT molecular complexity index is 721.